The maximum absolute atomic E-state index is 5.24. The molecule has 15 heavy (non-hydrogen) atoms. The monoisotopic (exact) mass is 264 g/mol. The van der Waals surface area contributed by atoms with Crippen LogP contribution in [0.15, 0.2) is 41.3 Å². The van der Waals surface area contributed by atoms with Gasteiger partial charge in [0.15, 0.2) is 0 Å². The number of methoxy groups -OCH3 is 1. The largest absolute Gasteiger partial charge is 0.494 e. The molecule has 0 saturated heterocycles. The average Bonchev–Trinajstić information content (AvgIpc) is 2.30. The Labute approximate surface area is 96.3 Å². The van der Waals surface area contributed by atoms with Gasteiger partial charge >= 0.3 is 0 Å². The summed E-state index contributed by atoms with van der Waals surface area (Å²) < 4.78 is 6.01. The summed E-state index contributed by atoms with van der Waals surface area (Å²) in [6.45, 7) is 0. The summed E-state index contributed by atoms with van der Waals surface area (Å²) in [6, 6.07) is 7.53. The first-order chi connectivity index (χ1) is 7.33. The lowest BCUT2D eigenvalue weighted by Crippen LogP contribution is -1.92. The van der Waals surface area contributed by atoms with Crippen molar-refractivity contribution in [2.45, 2.75) is 0 Å². The van der Waals surface area contributed by atoms with Crippen molar-refractivity contribution in [3.8, 4) is 17.0 Å². The van der Waals surface area contributed by atoms with Crippen LogP contribution in [-0.2, 0) is 0 Å². The van der Waals surface area contributed by atoms with Gasteiger partial charge < -0.3 is 4.74 Å². The molecule has 2 aromatic heterocycles. The zero-order valence-corrected chi connectivity index (χ0v) is 9.73. The van der Waals surface area contributed by atoms with Crippen molar-refractivity contribution in [3.05, 3.63) is 41.3 Å². The van der Waals surface area contributed by atoms with Crippen molar-refractivity contribution in [1.29, 1.82) is 0 Å². The number of hydrogen-bond donors (Lipinski definition) is 0. The van der Waals surface area contributed by atoms with Gasteiger partial charge in [-0.05, 0) is 40.2 Å². The van der Waals surface area contributed by atoms with E-state index in [0.29, 0.717) is 0 Å². The smallest absolute Gasteiger partial charge is 0.145 e. The minimum atomic E-state index is 0.742. The molecule has 3 nitrogen and oxygen atoms in total. The summed E-state index contributed by atoms with van der Waals surface area (Å²) in [5.74, 6) is 0.742. The van der Waals surface area contributed by atoms with E-state index in [9.17, 15) is 0 Å². The van der Waals surface area contributed by atoms with Crippen LogP contribution in [0.3, 0.4) is 0 Å². The molecule has 0 bridgehead atoms. The van der Waals surface area contributed by atoms with Crippen LogP contribution in [0.4, 0.5) is 0 Å². The number of nitrogens with zero attached hydrogens (tertiary/aromatic N) is 2. The number of halogens is 1. The number of pyridine rings is 2. The first kappa shape index (κ1) is 10.1. The molecule has 0 unspecified atom stereocenters. The Hall–Kier alpha value is -1.42. The number of ether oxygens (including phenoxy) is 1. The van der Waals surface area contributed by atoms with E-state index in [1.54, 1.807) is 19.5 Å². The van der Waals surface area contributed by atoms with E-state index >= 15 is 0 Å². The highest BCUT2D eigenvalue weighted by molar-refractivity contribution is 9.10. The fraction of sp³-hybridized carbons (Fsp3) is 0.0909. The van der Waals surface area contributed by atoms with Crippen molar-refractivity contribution >= 4 is 15.9 Å². The van der Waals surface area contributed by atoms with E-state index in [4.69, 9.17) is 4.74 Å². The van der Waals surface area contributed by atoms with Gasteiger partial charge in [-0.25, -0.2) is 4.98 Å². The molecule has 0 saturated carbocycles. The molecule has 2 rings (SSSR count). The second kappa shape index (κ2) is 4.40. The SMILES string of the molecule is COc1cccnc1-c1cccnc1Br. The molecule has 0 aliphatic carbocycles. The Bertz CT molecular complexity index is 474. The topological polar surface area (TPSA) is 35.0 Å². The van der Waals surface area contributed by atoms with E-state index < -0.39 is 0 Å². The average molecular weight is 265 g/mol. The summed E-state index contributed by atoms with van der Waals surface area (Å²) in [6.07, 6.45) is 3.46. The molecule has 0 spiro atoms. The molecule has 0 radical (unpaired) electrons. The van der Waals surface area contributed by atoms with Gasteiger partial charge in [-0.1, -0.05) is 0 Å². The Morgan fingerprint density at radius 3 is 2.60 bits per heavy atom. The highest BCUT2D eigenvalue weighted by Gasteiger charge is 2.09. The molecule has 0 aliphatic heterocycles. The maximum atomic E-state index is 5.24. The van der Waals surface area contributed by atoms with Crippen molar-refractivity contribution in [3.63, 3.8) is 0 Å². The van der Waals surface area contributed by atoms with Crippen LogP contribution in [-0.4, -0.2) is 17.1 Å². The van der Waals surface area contributed by atoms with Crippen LogP contribution in [0.25, 0.3) is 11.3 Å². The molecular formula is C11H9BrN2O. The van der Waals surface area contributed by atoms with Crippen LogP contribution in [0.2, 0.25) is 0 Å². The minimum absolute atomic E-state index is 0.742. The van der Waals surface area contributed by atoms with E-state index in [1.807, 2.05) is 24.3 Å². The lowest BCUT2D eigenvalue weighted by molar-refractivity contribution is 0.415. The van der Waals surface area contributed by atoms with Gasteiger partial charge in [0.1, 0.15) is 16.0 Å². The molecular weight excluding hydrogens is 256 g/mol. The van der Waals surface area contributed by atoms with Crippen LogP contribution in [0.1, 0.15) is 0 Å². The molecule has 0 N–H and O–H groups in total. The predicted octanol–water partition coefficient (Wildman–Crippen LogP) is 2.91. The third-order valence-electron chi connectivity index (χ3n) is 2.00. The maximum Gasteiger partial charge on any atom is 0.145 e. The lowest BCUT2D eigenvalue weighted by atomic mass is 10.2. The van der Waals surface area contributed by atoms with Gasteiger partial charge in [0.25, 0.3) is 0 Å². The van der Waals surface area contributed by atoms with E-state index in [-0.39, 0.29) is 0 Å². The standard InChI is InChI=1S/C11H9BrN2O/c1-15-9-5-3-6-13-10(9)8-4-2-7-14-11(8)12/h2-7H,1H3. The molecule has 0 aromatic carbocycles. The second-order valence-corrected chi connectivity index (χ2v) is 3.65. The summed E-state index contributed by atoms with van der Waals surface area (Å²) in [5.41, 5.74) is 1.72. The predicted molar refractivity (Wildman–Crippen MR) is 61.7 cm³/mol. The van der Waals surface area contributed by atoms with E-state index in [1.165, 1.54) is 0 Å². The highest BCUT2D eigenvalue weighted by atomic mass is 79.9. The van der Waals surface area contributed by atoms with Gasteiger partial charge in [-0.15, -0.1) is 0 Å². The number of rotatable bonds is 2. The van der Waals surface area contributed by atoms with Gasteiger partial charge in [0, 0.05) is 18.0 Å². The zero-order valence-electron chi connectivity index (χ0n) is 8.14. The highest BCUT2D eigenvalue weighted by Crippen LogP contribution is 2.31. The normalized spacial score (nSPS) is 10.0. The molecule has 4 heteroatoms. The van der Waals surface area contributed by atoms with Crippen molar-refractivity contribution < 1.29 is 4.74 Å². The molecule has 0 aliphatic rings. The van der Waals surface area contributed by atoms with Crippen LogP contribution >= 0.6 is 15.9 Å². The molecule has 0 amide bonds. The van der Waals surface area contributed by atoms with Gasteiger partial charge in [-0.3, -0.25) is 4.98 Å². The third-order valence-corrected chi connectivity index (χ3v) is 2.64. The zero-order chi connectivity index (χ0) is 10.7. The summed E-state index contributed by atoms with van der Waals surface area (Å²) in [5, 5.41) is 0. The summed E-state index contributed by atoms with van der Waals surface area (Å²) in [4.78, 5) is 8.44. The Morgan fingerprint density at radius 1 is 1.13 bits per heavy atom. The minimum Gasteiger partial charge on any atom is -0.494 e. The fourth-order valence-electron chi connectivity index (χ4n) is 1.32. The van der Waals surface area contributed by atoms with E-state index in [2.05, 4.69) is 25.9 Å². The molecule has 2 heterocycles. The van der Waals surface area contributed by atoms with Gasteiger partial charge in [-0.2, -0.15) is 0 Å². The third kappa shape index (κ3) is 1.99. The van der Waals surface area contributed by atoms with Crippen molar-refractivity contribution in [2.75, 3.05) is 7.11 Å². The summed E-state index contributed by atoms with van der Waals surface area (Å²) >= 11 is 3.39. The van der Waals surface area contributed by atoms with Gasteiger partial charge in [0.05, 0.1) is 7.11 Å². The molecule has 0 fully saturated rings. The lowest BCUT2D eigenvalue weighted by Gasteiger charge is -2.07. The van der Waals surface area contributed by atoms with Crippen molar-refractivity contribution in [2.24, 2.45) is 0 Å². The number of aromatic nitrogens is 2. The first-order valence-corrected chi connectivity index (χ1v) is 5.22. The first-order valence-electron chi connectivity index (χ1n) is 4.43. The quantitative estimate of drug-likeness (QED) is 0.783. The molecule has 0 atom stereocenters. The van der Waals surface area contributed by atoms with Crippen LogP contribution in [0.5, 0.6) is 5.75 Å². The Balaban J connectivity index is 2.59. The molecule has 76 valence electrons. The molecule has 2 aromatic rings. The van der Waals surface area contributed by atoms with E-state index in [0.717, 1.165) is 21.6 Å². The second-order valence-electron chi connectivity index (χ2n) is 2.90. The Morgan fingerprint density at radius 2 is 1.87 bits per heavy atom. The number of hydrogen-bond acceptors (Lipinski definition) is 3. The van der Waals surface area contributed by atoms with Crippen LogP contribution < -0.4 is 4.74 Å². The van der Waals surface area contributed by atoms with Crippen molar-refractivity contribution in [1.82, 2.24) is 9.97 Å². The van der Waals surface area contributed by atoms with Gasteiger partial charge in [0.2, 0.25) is 0 Å². The summed E-state index contributed by atoms with van der Waals surface area (Å²) in [7, 11) is 1.63. The van der Waals surface area contributed by atoms with Crippen LogP contribution in [0, 0.1) is 0 Å². The fourth-order valence-corrected chi connectivity index (χ4v) is 1.76. The Kier molecular flexibility index (Phi) is 2.97.